The summed E-state index contributed by atoms with van der Waals surface area (Å²) in [6.45, 7) is 2.28. The molecule has 1 aliphatic rings. The Morgan fingerprint density at radius 3 is 3.05 bits per heavy atom. The zero-order chi connectivity index (χ0) is 15.7. The van der Waals surface area contributed by atoms with Crippen molar-refractivity contribution in [3.05, 3.63) is 24.7 Å². The number of fused-ring (bicyclic) bond motifs is 1. The van der Waals surface area contributed by atoms with Crippen LogP contribution in [0.2, 0.25) is 0 Å². The fourth-order valence-corrected chi connectivity index (χ4v) is 4.46. The van der Waals surface area contributed by atoms with Crippen LogP contribution in [0.1, 0.15) is 13.3 Å². The highest BCUT2D eigenvalue weighted by molar-refractivity contribution is 7.91. The van der Waals surface area contributed by atoms with Gasteiger partial charge in [-0.15, -0.1) is 10.2 Å². The number of rotatable bonds is 3. The summed E-state index contributed by atoms with van der Waals surface area (Å²) in [5.74, 6) is 0.171. The third-order valence-electron chi connectivity index (χ3n) is 3.82. The molecule has 0 aromatic carbocycles. The molecule has 0 bridgehead atoms. The normalized spacial score (nSPS) is 20.1. The Labute approximate surface area is 128 Å². The standard InChI is InChI=1S/C13H17N5O3S/c1-2-18(10-5-7-22(20,21)8-10)13(19)15-11-4-3-6-17-9-14-16-12(11)17/h3-4,6,9-10H,2,5,7-8H2,1H3,(H,15,19). The number of sulfone groups is 1. The van der Waals surface area contributed by atoms with Gasteiger partial charge in [-0.1, -0.05) is 0 Å². The highest BCUT2D eigenvalue weighted by atomic mass is 32.2. The number of anilines is 1. The first-order valence-electron chi connectivity index (χ1n) is 7.06. The van der Waals surface area contributed by atoms with Gasteiger partial charge >= 0.3 is 6.03 Å². The molecular weight excluding hydrogens is 306 g/mol. The van der Waals surface area contributed by atoms with E-state index < -0.39 is 9.84 Å². The van der Waals surface area contributed by atoms with Crippen molar-refractivity contribution in [3.63, 3.8) is 0 Å². The Bertz CT molecular complexity index is 801. The molecule has 2 aromatic heterocycles. The van der Waals surface area contributed by atoms with E-state index in [4.69, 9.17) is 0 Å². The molecule has 22 heavy (non-hydrogen) atoms. The Morgan fingerprint density at radius 2 is 2.36 bits per heavy atom. The fraction of sp³-hybridized carbons (Fsp3) is 0.462. The molecule has 1 unspecified atom stereocenters. The summed E-state index contributed by atoms with van der Waals surface area (Å²) in [4.78, 5) is 14.0. The molecule has 0 aliphatic carbocycles. The quantitative estimate of drug-likeness (QED) is 0.900. The summed E-state index contributed by atoms with van der Waals surface area (Å²) >= 11 is 0. The summed E-state index contributed by atoms with van der Waals surface area (Å²) in [6.07, 6.45) is 3.82. The number of nitrogens with one attached hydrogen (secondary N) is 1. The maximum Gasteiger partial charge on any atom is 0.322 e. The van der Waals surface area contributed by atoms with Crippen molar-refractivity contribution in [2.24, 2.45) is 0 Å². The topological polar surface area (TPSA) is 96.7 Å². The maximum atomic E-state index is 12.5. The van der Waals surface area contributed by atoms with E-state index in [1.165, 1.54) is 0 Å². The van der Waals surface area contributed by atoms with Crippen LogP contribution in [0.3, 0.4) is 0 Å². The number of carbonyl (C=O) groups excluding carboxylic acids is 1. The van der Waals surface area contributed by atoms with Gasteiger partial charge in [-0.2, -0.15) is 0 Å². The van der Waals surface area contributed by atoms with Crippen molar-refractivity contribution in [2.75, 3.05) is 23.4 Å². The maximum absolute atomic E-state index is 12.5. The molecule has 2 aromatic rings. The molecule has 118 valence electrons. The molecule has 1 aliphatic heterocycles. The van der Waals surface area contributed by atoms with Crippen molar-refractivity contribution in [1.29, 1.82) is 0 Å². The Kier molecular flexibility index (Phi) is 3.73. The van der Waals surface area contributed by atoms with E-state index in [2.05, 4.69) is 15.5 Å². The van der Waals surface area contributed by atoms with E-state index in [1.54, 1.807) is 34.0 Å². The SMILES string of the molecule is CCN(C(=O)Nc1cccn2cnnc12)C1CCS(=O)(=O)C1. The predicted octanol–water partition coefficient (Wildman–Crippen LogP) is 0.770. The van der Waals surface area contributed by atoms with E-state index in [0.29, 0.717) is 24.3 Å². The van der Waals surface area contributed by atoms with E-state index >= 15 is 0 Å². The van der Waals surface area contributed by atoms with Crippen molar-refractivity contribution in [2.45, 2.75) is 19.4 Å². The average molecular weight is 323 g/mol. The van der Waals surface area contributed by atoms with E-state index in [0.717, 1.165) is 0 Å². The highest BCUT2D eigenvalue weighted by Crippen LogP contribution is 2.20. The van der Waals surface area contributed by atoms with Crippen LogP contribution in [0, 0.1) is 0 Å². The summed E-state index contributed by atoms with van der Waals surface area (Å²) in [7, 11) is -3.03. The summed E-state index contributed by atoms with van der Waals surface area (Å²) < 4.78 is 24.9. The molecule has 0 saturated carbocycles. The van der Waals surface area contributed by atoms with Gasteiger partial charge in [0.2, 0.25) is 0 Å². The van der Waals surface area contributed by atoms with Gasteiger partial charge in [-0.05, 0) is 25.5 Å². The number of nitrogens with zero attached hydrogens (tertiary/aromatic N) is 4. The second-order valence-electron chi connectivity index (χ2n) is 5.26. The fourth-order valence-electron chi connectivity index (χ4n) is 2.72. The lowest BCUT2D eigenvalue weighted by molar-refractivity contribution is 0.198. The second kappa shape index (κ2) is 5.56. The van der Waals surface area contributed by atoms with Gasteiger partial charge < -0.3 is 10.2 Å². The van der Waals surface area contributed by atoms with Crippen LogP contribution in [0.4, 0.5) is 10.5 Å². The van der Waals surface area contributed by atoms with Gasteiger partial charge in [0.05, 0.1) is 17.2 Å². The van der Waals surface area contributed by atoms with Gasteiger partial charge in [0.1, 0.15) is 6.33 Å². The number of pyridine rings is 1. The molecule has 9 heteroatoms. The zero-order valence-corrected chi connectivity index (χ0v) is 13.0. The van der Waals surface area contributed by atoms with Gasteiger partial charge in [-0.25, -0.2) is 13.2 Å². The van der Waals surface area contributed by atoms with Crippen LogP contribution < -0.4 is 5.32 Å². The molecule has 2 amide bonds. The van der Waals surface area contributed by atoms with Crippen LogP contribution in [-0.4, -0.2) is 58.0 Å². The Hall–Kier alpha value is -2.16. The minimum atomic E-state index is -3.03. The molecule has 0 radical (unpaired) electrons. The molecule has 0 spiro atoms. The van der Waals surface area contributed by atoms with Crippen molar-refractivity contribution in [1.82, 2.24) is 19.5 Å². The number of hydrogen-bond acceptors (Lipinski definition) is 5. The summed E-state index contributed by atoms with van der Waals surface area (Å²) in [5, 5.41) is 10.6. The van der Waals surface area contributed by atoms with Crippen LogP contribution in [0.15, 0.2) is 24.7 Å². The van der Waals surface area contributed by atoms with Crippen LogP contribution in [-0.2, 0) is 9.84 Å². The first-order chi connectivity index (χ1) is 10.5. The van der Waals surface area contributed by atoms with Crippen molar-refractivity contribution < 1.29 is 13.2 Å². The highest BCUT2D eigenvalue weighted by Gasteiger charge is 2.34. The number of hydrogen-bond donors (Lipinski definition) is 1. The van der Waals surface area contributed by atoms with Crippen molar-refractivity contribution in [3.8, 4) is 0 Å². The van der Waals surface area contributed by atoms with E-state index in [1.807, 2.05) is 6.92 Å². The lowest BCUT2D eigenvalue weighted by Crippen LogP contribution is -2.43. The summed E-state index contributed by atoms with van der Waals surface area (Å²) in [5.41, 5.74) is 1.09. The predicted molar refractivity (Wildman–Crippen MR) is 81.4 cm³/mol. The third kappa shape index (κ3) is 2.76. The first kappa shape index (κ1) is 14.8. The van der Waals surface area contributed by atoms with Crippen LogP contribution in [0.25, 0.3) is 5.65 Å². The minimum absolute atomic E-state index is 0.0311. The molecule has 1 saturated heterocycles. The zero-order valence-electron chi connectivity index (χ0n) is 12.1. The number of urea groups is 1. The van der Waals surface area contributed by atoms with E-state index in [-0.39, 0.29) is 23.6 Å². The smallest absolute Gasteiger partial charge is 0.321 e. The number of aromatic nitrogens is 3. The Morgan fingerprint density at radius 1 is 1.55 bits per heavy atom. The van der Waals surface area contributed by atoms with Gasteiger partial charge in [-0.3, -0.25) is 4.40 Å². The number of carbonyl (C=O) groups is 1. The number of amides is 2. The van der Waals surface area contributed by atoms with Gasteiger partial charge in [0, 0.05) is 18.8 Å². The monoisotopic (exact) mass is 323 g/mol. The molecular formula is C13H17N5O3S. The largest absolute Gasteiger partial charge is 0.322 e. The van der Waals surface area contributed by atoms with Gasteiger partial charge in [0.15, 0.2) is 15.5 Å². The molecule has 1 fully saturated rings. The van der Waals surface area contributed by atoms with Crippen LogP contribution >= 0.6 is 0 Å². The lowest BCUT2D eigenvalue weighted by atomic mass is 10.2. The molecule has 8 nitrogen and oxygen atoms in total. The van der Waals surface area contributed by atoms with Crippen molar-refractivity contribution >= 4 is 27.2 Å². The average Bonchev–Trinajstić information content (AvgIpc) is 3.07. The minimum Gasteiger partial charge on any atom is -0.321 e. The molecule has 1 atom stereocenters. The molecule has 3 heterocycles. The van der Waals surface area contributed by atoms with Crippen LogP contribution in [0.5, 0.6) is 0 Å². The Balaban J connectivity index is 1.79. The molecule has 3 rings (SSSR count). The molecule has 1 N–H and O–H groups in total. The third-order valence-corrected chi connectivity index (χ3v) is 5.57. The lowest BCUT2D eigenvalue weighted by Gasteiger charge is -2.27. The summed E-state index contributed by atoms with van der Waals surface area (Å²) in [6, 6.07) is 2.93. The van der Waals surface area contributed by atoms with Gasteiger partial charge in [0.25, 0.3) is 0 Å². The van der Waals surface area contributed by atoms with E-state index in [9.17, 15) is 13.2 Å². The first-order valence-corrected chi connectivity index (χ1v) is 8.88. The second-order valence-corrected chi connectivity index (χ2v) is 7.49.